The van der Waals surface area contributed by atoms with E-state index in [-0.39, 0.29) is 33.8 Å². The Morgan fingerprint density at radius 2 is 1.31 bits per heavy atom. The van der Waals surface area contributed by atoms with Gasteiger partial charge in [0.15, 0.2) is 23.1 Å². The van der Waals surface area contributed by atoms with E-state index in [2.05, 4.69) is 4.98 Å². The molecule has 1 aromatic heterocycles. The van der Waals surface area contributed by atoms with E-state index in [1.807, 2.05) is 0 Å². The van der Waals surface area contributed by atoms with Gasteiger partial charge >= 0.3 is 17.9 Å². The van der Waals surface area contributed by atoms with Crippen molar-refractivity contribution in [3.63, 3.8) is 0 Å². The number of carbonyl (C=O) groups is 5. The summed E-state index contributed by atoms with van der Waals surface area (Å²) < 4.78 is 15.3. The number of nitrogens with zero attached hydrogens (tertiary/aromatic N) is 1. The third-order valence-corrected chi connectivity index (χ3v) is 3.95. The van der Waals surface area contributed by atoms with Crippen molar-refractivity contribution < 1.29 is 38.2 Å². The average molecular weight is 397 g/mol. The fourth-order valence-corrected chi connectivity index (χ4v) is 2.97. The molecule has 1 heterocycles. The molecule has 0 N–H and O–H groups in total. The highest BCUT2D eigenvalue weighted by Gasteiger charge is 2.38. The SMILES string of the molecule is CC(=O)Oc1cc(OC(C)=O)c2c(c1OC(C)=O)C(=O)c1cc(C)ncc1C2=O. The fraction of sp³-hybridized carbons (Fsp3) is 0.200. The molecule has 148 valence electrons. The maximum absolute atomic E-state index is 13.2. The normalized spacial score (nSPS) is 12.0. The van der Waals surface area contributed by atoms with Gasteiger partial charge in [0.2, 0.25) is 0 Å². The summed E-state index contributed by atoms with van der Waals surface area (Å²) >= 11 is 0. The van der Waals surface area contributed by atoms with Gasteiger partial charge < -0.3 is 14.2 Å². The Morgan fingerprint density at radius 3 is 1.90 bits per heavy atom. The van der Waals surface area contributed by atoms with Gasteiger partial charge in [0, 0.05) is 44.3 Å². The number of ketones is 2. The zero-order valence-electron chi connectivity index (χ0n) is 15.9. The molecule has 0 radical (unpaired) electrons. The van der Waals surface area contributed by atoms with E-state index < -0.39 is 35.2 Å². The van der Waals surface area contributed by atoms with Gasteiger partial charge in [-0.3, -0.25) is 29.0 Å². The Kier molecular flexibility index (Phi) is 4.98. The molecule has 29 heavy (non-hydrogen) atoms. The first-order chi connectivity index (χ1) is 13.6. The number of rotatable bonds is 3. The topological polar surface area (TPSA) is 126 Å². The second kappa shape index (κ2) is 7.27. The van der Waals surface area contributed by atoms with Gasteiger partial charge in [-0.15, -0.1) is 0 Å². The quantitative estimate of drug-likeness (QED) is 0.481. The first kappa shape index (κ1) is 19.9. The number of hydrogen-bond acceptors (Lipinski definition) is 9. The Balaban J connectivity index is 2.40. The van der Waals surface area contributed by atoms with Gasteiger partial charge in [0.1, 0.15) is 5.75 Å². The van der Waals surface area contributed by atoms with Crippen molar-refractivity contribution >= 4 is 29.5 Å². The minimum atomic E-state index is -0.808. The van der Waals surface area contributed by atoms with Crippen molar-refractivity contribution in [1.29, 1.82) is 0 Å². The van der Waals surface area contributed by atoms with E-state index in [4.69, 9.17) is 14.2 Å². The molecule has 0 bridgehead atoms. The molecule has 0 saturated heterocycles. The zero-order valence-corrected chi connectivity index (χ0v) is 15.9. The number of hydrogen-bond donors (Lipinski definition) is 0. The van der Waals surface area contributed by atoms with Crippen LogP contribution in [-0.2, 0) is 14.4 Å². The van der Waals surface area contributed by atoms with E-state index in [0.29, 0.717) is 5.69 Å². The van der Waals surface area contributed by atoms with Crippen molar-refractivity contribution in [1.82, 2.24) is 4.98 Å². The van der Waals surface area contributed by atoms with Gasteiger partial charge in [0.05, 0.1) is 16.7 Å². The summed E-state index contributed by atoms with van der Waals surface area (Å²) in [5.41, 5.74) is -0.0831. The molecule has 9 nitrogen and oxygen atoms in total. The molecular formula is C20H15NO8. The molecule has 3 rings (SSSR count). The molecule has 9 heteroatoms. The lowest BCUT2D eigenvalue weighted by atomic mass is 9.83. The minimum absolute atomic E-state index is 0.00973. The third kappa shape index (κ3) is 3.62. The maximum atomic E-state index is 13.2. The summed E-state index contributed by atoms with van der Waals surface area (Å²) in [6.07, 6.45) is 1.25. The molecule has 0 spiro atoms. The summed E-state index contributed by atoms with van der Waals surface area (Å²) in [6.45, 7) is 4.92. The molecule has 2 aromatic rings. The van der Waals surface area contributed by atoms with Crippen LogP contribution >= 0.6 is 0 Å². The van der Waals surface area contributed by atoms with Gasteiger partial charge in [0.25, 0.3) is 0 Å². The number of esters is 3. The molecule has 0 unspecified atom stereocenters. The fourth-order valence-electron chi connectivity index (χ4n) is 2.97. The van der Waals surface area contributed by atoms with Crippen LogP contribution < -0.4 is 14.2 Å². The molecule has 0 aliphatic heterocycles. The highest BCUT2D eigenvalue weighted by Crippen LogP contribution is 2.45. The van der Waals surface area contributed by atoms with Crippen molar-refractivity contribution in [2.24, 2.45) is 0 Å². The number of carbonyl (C=O) groups excluding carboxylic acids is 5. The lowest BCUT2D eigenvalue weighted by molar-refractivity contribution is -0.134. The Morgan fingerprint density at radius 1 is 0.759 bits per heavy atom. The van der Waals surface area contributed by atoms with Crippen LogP contribution in [0.3, 0.4) is 0 Å². The third-order valence-electron chi connectivity index (χ3n) is 3.95. The van der Waals surface area contributed by atoms with Crippen LogP contribution in [0.4, 0.5) is 0 Å². The number of fused-ring (bicyclic) bond motifs is 2. The standard InChI is InChI=1S/C20H15NO8/c1-8-5-12-13(7-21-8)19(26)16-14(27-9(2)22)6-15(28-10(3)23)20(29-11(4)24)17(16)18(12)25/h5-7H,1-4H3. The number of aromatic nitrogens is 1. The van der Waals surface area contributed by atoms with E-state index in [1.54, 1.807) is 6.92 Å². The van der Waals surface area contributed by atoms with E-state index in [1.165, 1.54) is 12.3 Å². The van der Waals surface area contributed by atoms with Crippen molar-refractivity contribution in [2.45, 2.75) is 27.7 Å². The second-order valence-electron chi connectivity index (χ2n) is 6.26. The maximum Gasteiger partial charge on any atom is 0.308 e. The first-order valence-electron chi connectivity index (χ1n) is 8.42. The summed E-state index contributed by atoms with van der Waals surface area (Å²) in [5, 5.41) is 0. The zero-order chi connectivity index (χ0) is 21.5. The molecule has 1 aliphatic carbocycles. The molecule has 1 aromatic carbocycles. The van der Waals surface area contributed by atoms with Crippen LogP contribution in [0.1, 0.15) is 58.3 Å². The molecule has 0 atom stereocenters. The van der Waals surface area contributed by atoms with Crippen LogP contribution in [0.15, 0.2) is 18.3 Å². The van der Waals surface area contributed by atoms with Crippen LogP contribution in [0, 0.1) is 6.92 Å². The molecule has 1 aliphatic rings. The average Bonchev–Trinajstić information content (AvgIpc) is 2.60. The van der Waals surface area contributed by atoms with Crippen LogP contribution in [-0.4, -0.2) is 34.5 Å². The van der Waals surface area contributed by atoms with E-state index >= 15 is 0 Å². The number of ether oxygens (including phenoxy) is 3. The molecule has 0 fully saturated rings. The summed E-state index contributed by atoms with van der Waals surface area (Å²) in [6, 6.07) is 2.47. The van der Waals surface area contributed by atoms with Gasteiger partial charge in [-0.1, -0.05) is 0 Å². The Bertz CT molecular complexity index is 1120. The lowest BCUT2D eigenvalue weighted by Crippen LogP contribution is -2.25. The largest absolute Gasteiger partial charge is 0.426 e. The Hall–Kier alpha value is -3.88. The highest BCUT2D eigenvalue weighted by molar-refractivity contribution is 6.30. The van der Waals surface area contributed by atoms with Gasteiger partial charge in [-0.25, -0.2) is 0 Å². The molecule has 0 saturated carbocycles. The van der Waals surface area contributed by atoms with E-state index in [0.717, 1.165) is 26.8 Å². The molecule has 0 amide bonds. The number of aryl methyl sites for hydroxylation is 1. The van der Waals surface area contributed by atoms with Crippen LogP contribution in [0.2, 0.25) is 0 Å². The number of pyridine rings is 1. The number of benzene rings is 1. The summed E-state index contributed by atoms with van der Waals surface area (Å²) in [4.78, 5) is 65.1. The molecular weight excluding hydrogens is 382 g/mol. The van der Waals surface area contributed by atoms with Gasteiger partial charge in [-0.2, -0.15) is 0 Å². The monoisotopic (exact) mass is 397 g/mol. The van der Waals surface area contributed by atoms with Crippen LogP contribution in [0.25, 0.3) is 0 Å². The van der Waals surface area contributed by atoms with Crippen molar-refractivity contribution in [3.05, 3.63) is 46.3 Å². The lowest BCUT2D eigenvalue weighted by Gasteiger charge is -2.23. The van der Waals surface area contributed by atoms with E-state index in [9.17, 15) is 24.0 Å². The Labute approximate surface area is 164 Å². The predicted octanol–water partition coefficient (Wildman–Crippen LogP) is 1.94. The van der Waals surface area contributed by atoms with Crippen LogP contribution in [0.5, 0.6) is 17.2 Å². The highest BCUT2D eigenvalue weighted by atomic mass is 16.6. The van der Waals surface area contributed by atoms with Crippen molar-refractivity contribution in [3.8, 4) is 17.2 Å². The minimum Gasteiger partial charge on any atom is -0.426 e. The predicted molar refractivity (Wildman–Crippen MR) is 96.2 cm³/mol. The summed E-state index contributed by atoms with van der Waals surface area (Å²) in [5.74, 6) is -4.71. The smallest absolute Gasteiger partial charge is 0.308 e. The van der Waals surface area contributed by atoms with Crippen molar-refractivity contribution in [2.75, 3.05) is 0 Å². The van der Waals surface area contributed by atoms with Gasteiger partial charge in [-0.05, 0) is 13.0 Å². The second-order valence-corrected chi connectivity index (χ2v) is 6.26. The summed E-state index contributed by atoms with van der Waals surface area (Å²) in [7, 11) is 0. The first-order valence-corrected chi connectivity index (χ1v) is 8.42.